The lowest BCUT2D eigenvalue weighted by atomic mass is 9.95. The molecule has 0 bridgehead atoms. The van der Waals surface area contributed by atoms with Gasteiger partial charge < -0.3 is 24.8 Å². The van der Waals surface area contributed by atoms with Crippen LogP contribution in [-0.2, 0) is 15.9 Å². The molecule has 7 heteroatoms. The van der Waals surface area contributed by atoms with E-state index in [1.54, 1.807) is 0 Å². The van der Waals surface area contributed by atoms with Crippen molar-refractivity contribution >= 4 is 34.4 Å². The summed E-state index contributed by atoms with van der Waals surface area (Å²) >= 11 is 2.32. The van der Waals surface area contributed by atoms with Crippen LogP contribution in [0.3, 0.4) is 0 Å². The molecule has 0 unspecified atom stereocenters. The molecule has 132 valence electrons. The Hall–Kier alpha value is -1.06. The van der Waals surface area contributed by atoms with Crippen molar-refractivity contribution in [3.63, 3.8) is 0 Å². The summed E-state index contributed by atoms with van der Waals surface area (Å²) in [6.07, 6.45) is 1.06. The standard InChI is InChI=1S/C17H23IN2O4/c1-16(2)23-10-17(11-24-16,19-15(21)22)9-20-7-3-4-12-8-13(18)5-6-14(12)20/h5-6,8,19H,3-4,7,9-11H2,1-2H3,(H,21,22). The lowest BCUT2D eigenvalue weighted by Crippen LogP contribution is -2.66. The number of halogens is 1. The molecule has 0 aliphatic carbocycles. The van der Waals surface area contributed by atoms with Gasteiger partial charge in [-0.3, -0.25) is 0 Å². The molecule has 0 saturated carbocycles. The molecule has 2 aliphatic rings. The van der Waals surface area contributed by atoms with Gasteiger partial charge in [-0.2, -0.15) is 0 Å². The zero-order chi connectivity index (χ0) is 17.4. The molecular weight excluding hydrogens is 423 g/mol. The van der Waals surface area contributed by atoms with E-state index in [4.69, 9.17) is 9.47 Å². The summed E-state index contributed by atoms with van der Waals surface area (Å²) in [7, 11) is 0. The van der Waals surface area contributed by atoms with Gasteiger partial charge in [0, 0.05) is 22.3 Å². The maximum absolute atomic E-state index is 11.3. The van der Waals surface area contributed by atoms with Crippen LogP contribution < -0.4 is 10.2 Å². The van der Waals surface area contributed by atoms with Gasteiger partial charge in [0.25, 0.3) is 0 Å². The minimum absolute atomic E-state index is 0.294. The van der Waals surface area contributed by atoms with Crippen molar-refractivity contribution in [2.45, 2.75) is 38.0 Å². The Balaban J connectivity index is 1.83. The number of nitrogens with zero attached hydrogens (tertiary/aromatic N) is 1. The summed E-state index contributed by atoms with van der Waals surface area (Å²) in [5.41, 5.74) is 1.73. The maximum atomic E-state index is 11.3. The highest BCUT2D eigenvalue weighted by Crippen LogP contribution is 2.31. The van der Waals surface area contributed by atoms with Crippen LogP contribution in [0, 0.1) is 3.57 Å². The summed E-state index contributed by atoms with van der Waals surface area (Å²) in [6.45, 7) is 5.71. The molecule has 6 nitrogen and oxygen atoms in total. The first-order valence-corrected chi connectivity index (χ1v) is 9.19. The van der Waals surface area contributed by atoms with Crippen LogP contribution in [0.5, 0.6) is 0 Å². The van der Waals surface area contributed by atoms with Crippen LogP contribution in [0.25, 0.3) is 0 Å². The lowest BCUT2D eigenvalue weighted by Gasteiger charge is -2.46. The van der Waals surface area contributed by atoms with Crippen molar-refractivity contribution in [3.8, 4) is 0 Å². The third kappa shape index (κ3) is 3.94. The molecule has 2 heterocycles. The Morgan fingerprint density at radius 3 is 2.75 bits per heavy atom. The first-order valence-electron chi connectivity index (χ1n) is 8.11. The first-order chi connectivity index (χ1) is 11.3. The van der Waals surface area contributed by atoms with Gasteiger partial charge in [-0.15, -0.1) is 0 Å². The van der Waals surface area contributed by atoms with Crippen molar-refractivity contribution < 1.29 is 19.4 Å². The number of carboxylic acid groups (broad SMARTS) is 1. The Morgan fingerprint density at radius 1 is 1.38 bits per heavy atom. The highest BCUT2D eigenvalue weighted by molar-refractivity contribution is 14.1. The molecule has 0 atom stereocenters. The molecule has 0 aromatic heterocycles. The highest BCUT2D eigenvalue weighted by atomic mass is 127. The summed E-state index contributed by atoms with van der Waals surface area (Å²) in [6, 6.07) is 6.42. The molecule has 1 fully saturated rings. The number of fused-ring (bicyclic) bond motifs is 1. The predicted molar refractivity (Wildman–Crippen MR) is 99.6 cm³/mol. The molecule has 1 aromatic carbocycles. The second-order valence-corrected chi connectivity index (χ2v) is 8.23. The molecule has 3 rings (SSSR count). The topological polar surface area (TPSA) is 71.0 Å². The van der Waals surface area contributed by atoms with E-state index in [-0.39, 0.29) is 0 Å². The van der Waals surface area contributed by atoms with Crippen molar-refractivity contribution in [1.82, 2.24) is 5.32 Å². The van der Waals surface area contributed by atoms with E-state index in [1.165, 1.54) is 14.8 Å². The molecule has 2 aliphatic heterocycles. The number of ether oxygens (including phenoxy) is 2. The van der Waals surface area contributed by atoms with Gasteiger partial charge in [0.1, 0.15) is 5.54 Å². The molecule has 1 saturated heterocycles. The van der Waals surface area contributed by atoms with Gasteiger partial charge in [-0.05, 0) is 73.0 Å². The maximum Gasteiger partial charge on any atom is 0.405 e. The second-order valence-electron chi connectivity index (χ2n) is 6.99. The summed E-state index contributed by atoms with van der Waals surface area (Å²) in [5.74, 6) is -0.681. The number of aryl methyl sites for hydroxylation is 1. The van der Waals surface area contributed by atoms with E-state index >= 15 is 0 Å². The fourth-order valence-corrected chi connectivity index (χ4v) is 3.87. The van der Waals surface area contributed by atoms with Crippen LogP contribution in [-0.4, -0.2) is 48.8 Å². The third-order valence-corrected chi connectivity index (χ3v) is 5.19. The van der Waals surface area contributed by atoms with E-state index in [0.717, 1.165) is 19.4 Å². The monoisotopic (exact) mass is 446 g/mol. The largest absolute Gasteiger partial charge is 0.465 e. The lowest BCUT2D eigenvalue weighted by molar-refractivity contribution is -0.268. The quantitative estimate of drug-likeness (QED) is 0.699. The predicted octanol–water partition coefficient (Wildman–Crippen LogP) is 2.83. The number of rotatable bonds is 3. The highest BCUT2D eigenvalue weighted by Gasteiger charge is 2.43. The molecule has 0 spiro atoms. The van der Waals surface area contributed by atoms with Gasteiger partial charge in [0.15, 0.2) is 5.79 Å². The van der Waals surface area contributed by atoms with Crippen LogP contribution >= 0.6 is 22.6 Å². The number of nitrogens with one attached hydrogen (secondary N) is 1. The van der Waals surface area contributed by atoms with Gasteiger partial charge in [0.2, 0.25) is 0 Å². The Kier molecular flexibility index (Phi) is 4.94. The van der Waals surface area contributed by atoms with Gasteiger partial charge >= 0.3 is 6.09 Å². The van der Waals surface area contributed by atoms with Crippen molar-refractivity contribution in [2.24, 2.45) is 0 Å². The summed E-state index contributed by atoms with van der Waals surface area (Å²) in [4.78, 5) is 13.6. The van der Waals surface area contributed by atoms with Gasteiger partial charge in [-0.1, -0.05) is 0 Å². The van der Waals surface area contributed by atoms with Gasteiger partial charge in [-0.25, -0.2) is 4.79 Å². The van der Waals surface area contributed by atoms with E-state index in [9.17, 15) is 9.90 Å². The summed E-state index contributed by atoms with van der Waals surface area (Å²) in [5, 5.41) is 11.9. The minimum Gasteiger partial charge on any atom is -0.465 e. The van der Waals surface area contributed by atoms with E-state index in [2.05, 4.69) is 51.0 Å². The SMILES string of the molecule is CC1(C)OCC(CN2CCCc3cc(I)ccc32)(NC(=O)O)CO1. The number of carbonyl (C=O) groups is 1. The first kappa shape index (κ1) is 17.8. The normalized spacial score (nSPS) is 21.9. The number of hydrogen-bond donors (Lipinski definition) is 2. The van der Waals surface area contributed by atoms with Crippen molar-refractivity contribution in [2.75, 3.05) is 31.2 Å². The van der Waals surface area contributed by atoms with E-state index in [1.807, 2.05) is 13.8 Å². The smallest absolute Gasteiger partial charge is 0.405 e. The van der Waals surface area contributed by atoms with Crippen LogP contribution in [0.4, 0.5) is 10.5 Å². The van der Waals surface area contributed by atoms with E-state index in [0.29, 0.717) is 19.8 Å². The average Bonchev–Trinajstić information content (AvgIpc) is 2.50. The Labute approximate surface area is 155 Å². The molecule has 1 aromatic rings. The summed E-state index contributed by atoms with van der Waals surface area (Å²) < 4.78 is 12.7. The average molecular weight is 446 g/mol. The third-order valence-electron chi connectivity index (χ3n) is 4.51. The van der Waals surface area contributed by atoms with Gasteiger partial charge in [0.05, 0.1) is 13.2 Å². The molecule has 1 amide bonds. The minimum atomic E-state index is -1.05. The molecular formula is C17H23IN2O4. The van der Waals surface area contributed by atoms with Crippen LogP contribution in [0.2, 0.25) is 0 Å². The Morgan fingerprint density at radius 2 is 2.08 bits per heavy atom. The zero-order valence-electron chi connectivity index (χ0n) is 14.0. The number of amides is 1. The number of hydrogen-bond acceptors (Lipinski definition) is 4. The zero-order valence-corrected chi connectivity index (χ0v) is 16.1. The Bertz CT molecular complexity index is 625. The molecule has 2 N–H and O–H groups in total. The van der Waals surface area contributed by atoms with Crippen LogP contribution in [0.15, 0.2) is 18.2 Å². The van der Waals surface area contributed by atoms with E-state index < -0.39 is 17.4 Å². The fourth-order valence-electron chi connectivity index (χ4n) is 3.31. The number of anilines is 1. The van der Waals surface area contributed by atoms with Crippen molar-refractivity contribution in [3.05, 3.63) is 27.3 Å². The second kappa shape index (κ2) is 6.68. The molecule has 0 radical (unpaired) electrons. The number of benzene rings is 1. The molecule has 24 heavy (non-hydrogen) atoms. The fraction of sp³-hybridized carbons (Fsp3) is 0.588. The van der Waals surface area contributed by atoms with Crippen molar-refractivity contribution in [1.29, 1.82) is 0 Å². The van der Waals surface area contributed by atoms with Crippen LogP contribution in [0.1, 0.15) is 25.8 Å².